The molecular formula is C8H4F3NO2. The third-order valence-corrected chi connectivity index (χ3v) is 1.57. The molecule has 0 atom stereocenters. The predicted octanol–water partition coefficient (Wildman–Crippen LogP) is 1.99. The van der Waals surface area contributed by atoms with Crippen LogP contribution in [0.4, 0.5) is 13.2 Å². The first-order valence-electron chi connectivity index (χ1n) is 3.40. The first-order chi connectivity index (χ1) is 6.38. The lowest BCUT2D eigenvalue weighted by molar-refractivity contribution is -0.137. The number of aromatic hydroxyl groups is 2. The molecule has 1 rings (SSSR count). The summed E-state index contributed by atoms with van der Waals surface area (Å²) in [4.78, 5) is 0. The first-order valence-corrected chi connectivity index (χ1v) is 3.40. The zero-order chi connectivity index (χ0) is 10.9. The highest BCUT2D eigenvalue weighted by atomic mass is 19.4. The van der Waals surface area contributed by atoms with Gasteiger partial charge in [-0.15, -0.1) is 0 Å². The van der Waals surface area contributed by atoms with E-state index in [2.05, 4.69) is 0 Å². The summed E-state index contributed by atoms with van der Waals surface area (Å²) < 4.78 is 36.6. The normalized spacial score (nSPS) is 11.0. The van der Waals surface area contributed by atoms with Crippen LogP contribution in [0.3, 0.4) is 0 Å². The van der Waals surface area contributed by atoms with Crippen molar-refractivity contribution in [2.75, 3.05) is 0 Å². The molecule has 0 saturated heterocycles. The van der Waals surface area contributed by atoms with Gasteiger partial charge in [0.1, 0.15) is 11.6 Å². The highest BCUT2D eigenvalue weighted by Gasteiger charge is 2.35. The fourth-order valence-corrected chi connectivity index (χ4v) is 0.930. The van der Waals surface area contributed by atoms with Crippen LogP contribution < -0.4 is 0 Å². The highest BCUT2D eigenvalue weighted by Crippen LogP contribution is 2.39. The van der Waals surface area contributed by atoms with Gasteiger partial charge in [0.2, 0.25) is 0 Å². The van der Waals surface area contributed by atoms with Crippen molar-refractivity contribution in [2.45, 2.75) is 6.18 Å². The van der Waals surface area contributed by atoms with Gasteiger partial charge in [-0.1, -0.05) is 0 Å². The fraction of sp³-hybridized carbons (Fsp3) is 0.125. The van der Waals surface area contributed by atoms with Crippen LogP contribution in [0.5, 0.6) is 11.5 Å². The van der Waals surface area contributed by atoms with Crippen molar-refractivity contribution in [1.82, 2.24) is 0 Å². The standard InChI is InChI=1S/C8H4F3NO2/c9-8(10,11)5-1-2-6(13)7(14)4(5)3-12/h1-2,13-14H. The Morgan fingerprint density at radius 3 is 2.21 bits per heavy atom. The number of benzene rings is 1. The monoisotopic (exact) mass is 203 g/mol. The second-order valence-electron chi connectivity index (χ2n) is 2.47. The van der Waals surface area contributed by atoms with Gasteiger partial charge in [-0.3, -0.25) is 0 Å². The Kier molecular flexibility index (Phi) is 2.26. The summed E-state index contributed by atoms with van der Waals surface area (Å²) in [6, 6.07) is 2.40. The molecule has 3 nitrogen and oxygen atoms in total. The molecule has 0 aromatic heterocycles. The van der Waals surface area contributed by atoms with Crippen LogP contribution in [0.2, 0.25) is 0 Å². The molecule has 0 aliphatic heterocycles. The van der Waals surface area contributed by atoms with E-state index >= 15 is 0 Å². The van der Waals surface area contributed by atoms with Gasteiger partial charge in [0.15, 0.2) is 11.5 Å². The molecule has 0 unspecified atom stereocenters. The lowest BCUT2D eigenvalue weighted by Gasteiger charge is -2.09. The van der Waals surface area contributed by atoms with E-state index < -0.39 is 28.8 Å². The number of rotatable bonds is 0. The smallest absolute Gasteiger partial charge is 0.417 e. The number of nitrogens with zero attached hydrogens (tertiary/aromatic N) is 1. The summed E-state index contributed by atoms with van der Waals surface area (Å²) >= 11 is 0. The number of phenols is 2. The van der Waals surface area contributed by atoms with Gasteiger partial charge < -0.3 is 10.2 Å². The van der Waals surface area contributed by atoms with Crippen LogP contribution >= 0.6 is 0 Å². The molecule has 14 heavy (non-hydrogen) atoms. The van der Waals surface area contributed by atoms with E-state index in [9.17, 15) is 13.2 Å². The number of hydrogen-bond acceptors (Lipinski definition) is 3. The van der Waals surface area contributed by atoms with E-state index in [1.165, 1.54) is 6.07 Å². The molecule has 0 heterocycles. The maximum absolute atomic E-state index is 12.2. The third-order valence-electron chi connectivity index (χ3n) is 1.57. The molecule has 0 fully saturated rings. The maximum Gasteiger partial charge on any atom is 0.417 e. The Morgan fingerprint density at radius 2 is 1.79 bits per heavy atom. The van der Waals surface area contributed by atoms with Crippen molar-refractivity contribution >= 4 is 0 Å². The predicted molar refractivity (Wildman–Crippen MR) is 39.5 cm³/mol. The molecular weight excluding hydrogens is 199 g/mol. The van der Waals surface area contributed by atoms with E-state index in [0.29, 0.717) is 12.1 Å². The van der Waals surface area contributed by atoms with Crippen LogP contribution in [0.25, 0.3) is 0 Å². The number of phenolic OH excluding ortho intramolecular Hbond substituents is 2. The van der Waals surface area contributed by atoms with Gasteiger partial charge >= 0.3 is 6.18 Å². The molecule has 1 aromatic rings. The quantitative estimate of drug-likeness (QED) is 0.633. The summed E-state index contributed by atoms with van der Waals surface area (Å²) in [7, 11) is 0. The van der Waals surface area contributed by atoms with Gasteiger partial charge in [-0.2, -0.15) is 18.4 Å². The second-order valence-corrected chi connectivity index (χ2v) is 2.47. The Morgan fingerprint density at radius 1 is 1.21 bits per heavy atom. The fourth-order valence-electron chi connectivity index (χ4n) is 0.930. The van der Waals surface area contributed by atoms with Crippen LogP contribution in [0.1, 0.15) is 11.1 Å². The van der Waals surface area contributed by atoms with E-state index in [0.717, 1.165) is 0 Å². The van der Waals surface area contributed by atoms with Crippen molar-refractivity contribution in [3.05, 3.63) is 23.3 Å². The molecule has 0 saturated carbocycles. The minimum atomic E-state index is -4.73. The van der Waals surface area contributed by atoms with E-state index in [4.69, 9.17) is 15.5 Å². The van der Waals surface area contributed by atoms with E-state index in [1.807, 2.05) is 0 Å². The highest BCUT2D eigenvalue weighted by molar-refractivity contribution is 5.56. The second kappa shape index (κ2) is 3.10. The molecule has 0 aliphatic carbocycles. The molecule has 74 valence electrons. The average molecular weight is 203 g/mol. The van der Waals surface area contributed by atoms with Gasteiger partial charge in [-0.25, -0.2) is 0 Å². The third kappa shape index (κ3) is 1.57. The summed E-state index contributed by atoms with van der Waals surface area (Å²) in [6.45, 7) is 0. The van der Waals surface area contributed by atoms with Crippen LogP contribution in [-0.2, 0) is 6.18 Å². The summed E-state index contributed by atoms with van der Waals surface area (Å²) in [5, 5.41) is 26.2. The number of hydrogen-bond donors (Lipinski definition) is 2. The SMILES string of the molecule is N#Cc1c(C(F)(F)F)ccc(O)c1O. The Labute approximate surface area is 76.6 Å². The van der Waals surface area contributed by atoms with Crippen molar-refractivity contribution in [1.29, 1.82) is 5.26 Å². The minimum absolute atomic E-state index is 0.535. The number of alkyl halides is 3. The molecule has 0 radical (unpaired) electrons. The van der Waals surface area contributed by atoms with Crippen molar-refractivity contribution in [2.24, 2.45) is 0 Å². The molecule has 0 bridgehead atoms. The maximum atomic E-state index is 12.2. The summed E-state index contributed by atoms with van der Waals surface area (Å²) in [5.74, 6) is -1.81. The minimum Gasteiger partial charge on any atom is -0.504 e. The van der Waals surface area contributed by atoms with Crippen molar-refractivity contribution in [3.8, 4) is 17.6 Å². The summed E-state index contributed by atoms with van der Waals surface area (Å²) in [5.41, 5.74) is -2.24. The molecule has 6 heteroatoms. The van der Waals surface area contributed by atoms with E-state index in [1.54, 1.807) is 0 Å². The topological polar surface area (TPSA) is 64.2 Å². The lowest BCUT2D eigenvalue weighted by atomic mass is 10.1. The molecule has 0 amide bonds. The number of halogens is 3. The Hall–Kier alpha value is -1.90. The number of nitriles is 1. The van der Waals surface area contributed by atoms with Crippen LogP contribution in [0.15, 0.2) is 12.1 Å². The van der Waals surface area contributed by atoms with E-state index in [-0.39, 0.29) is 0 Å². The van der Waals surface area contributed by atoms with Crippen LogP contribution in [0, 0.1) is 11.3 Å². The van der Waals surface area contributed by atoms with Crippen molar-refractivity contribution < 1.29 is 23.4 Å². The van der Waals surface area contributed by atoms with Crippen LogP contribution in [-0.4, -0.2) is 10.2 Å². The zero-order valence-electron chi connectivity index (χ0n) is 6.63. The molecule has 0 spiro atoms. The summed E-state index contributed by atoms with van der Waals surface area (Å²) in [6.07, 6.45) is -4.73. The van der Waals surface area contributed by atoms with Gasteiger partial charge in [-0.05, 0) is 12.1 Å². The molecule has 1 aromatic carbocycles. The average Bonchev–Trinajstić information content (AvgIpc) is 2.07. The zero-order valence-corrected chi connectivity index (χ0v) is 6.63. The Balaban J connectivity index is 3.49. The van der Waals surface area contributed by atoms with Gasteiger partial charge in [0.25, 0.3) is 0 Å². The van der Waals surface area contributed by atoms with Crippen molar-refractivity contribution in [3.63, 3.8) is 0 Å². The van der Waals surface area contributed by atoms with Gasteiger partial charge in [0, 0.05) is 0 Å². The largest absolute Gasteiger partial charge is 0.504 e. The van der Waals surface area contributed by atoms with Gasteiger partial charge in [0.05, 0.1) is 5.56 Å². The lowest BCUT2D eigenvalue weighted by Crippen LogP contribution is -2.07. The Bertz CT molecular complexity index is 406. The first kappa shape index (κ1) is 10.2. The molecule has 2 N–H and O–H groups in total. The molecule has 0 aliphatic rings.